The average molecular weight is 232 g/mol. The summed E-state index contributed by atoms with van der Waals surface area (Å²) in [4.78, 5) is 2.46. The van der Waals surface area contributed by atoms with E-state index in [1.165, 1.54) is 36.2 Å². The monoisotopic (exact) mass is 232 g/mol. The molecular weight excluding hydrogens is 208 g/mol. The van der Waals surface area contributed by atoms with Gasteiger partial charge >= 0.3 is 0 Å². The number of anilines is 1. The molecule has 1 aliphatic rings. The van der Waals surface area contributed by atoms with Crippen molar-refractivity contribution in [2.75, 3.05) is 24.5 Å². The Morgan fingerprint density at radius 2 is 2.18 bits per heavy atom. The highest BCUT2D eigenvalue weighted by atomic mass is 15.1. The molecule has 0 saturated heterocycles. The molecule has 0 spiro atoms. The van der Waals surface area contributed by atoms with Crippen molar-refractivity contribution in [3.8, 4) is 0 Å². The van der Waals surface area contributed by atoms with Crippen molar-refractivity contribution >= 4 is 5.69 Å². The number of nitrogens with one attached hydrogen (secondary N) is 1. The maximum Gasteiger partial charge on any atom is 0.0399 e. The highest BCUT2D eigenvalue weighted by Crippen LogP contribution is 2.30. The molecule has 1 N–H and O–H groups in total. The fourth-order valence-corrected chi connectivity index (χ4v) is 2.57. The van der Waals surface area contributed by atoms with Crippen molar-refractivity contribution in [3.05, 3.63) is 29.3 Å². The number of rotatable bonds is 5. The minimum atomic E-state index is 0.468. The molecule has 0 radical (unpaired) electrons. The van der Waals surface area contributed by atoms with Crippen LogP contribution in [0.4, 0.5) is 5.69 Å². The van der Waals surface area contributed by atoms with E-state index in [1.807, 2.05) is 0 Å². The summed E-state index contributed by atoms with van der Waals surface area (Å²) in [5, 5.41) is 3.55. The van der Waals surface area contributed by atoms with Gasteiger partial charge in [0.2, 0.25) is 0 Å². The first-order valence-electron chi connectivity index (χ1n) is 6.87. The Bertz CT molecular complexity index is 373. The fraction of sp³-hybridized carbons (Fsp3) is 0.600. The van der Waals surface area contributed by atoms with Crippen LogP contribution in [0.1, 0.15) is 44.4 Å². The first-order valence-corrected chi connectivity index (χ1v) is 6.87. The van der Waals surface area contributed by atoms with Crippen LogP contribution in [0.15, 0.2) is 18.2 Å². The molecule has 1 aromatic rings. The lowest BCUT2D eigenvalue weighted by Crippen LogP contribution is -2.20. The van der Waals surface area contributed by atoms with Gasteiger partial charge in [-0.05, 0) is 50.4 Å². The lowest BCUT2D eigenvalue weighted by Gasteiger charge is -2.18. The van der Waals surface area contributed by atoms with Crippen molar-refractivity contribution in [1.82, 2.24) is 5.32 Å². The van der Waals surface area contributed by atoms with E-state index in [9.17, 15) is 0 Å². The lowest BCUT2D eigenvalue weighted by molar-refractivity contribution is 0.570. The van der Waals surface area contributed by atoms with E-state index >= 15 is 0 Å². The molecule has 0 bridgehead atoms. The van der Waals surface area contributed by atoms with Crippen LogP contribution in [0.25, 0.3) is 0 Å². The summed E-state index contributed by atoms with van der Waals surface area (Å²) in [5.74, 6) is 0. The second kappa shape index (κ2) is 5.54. The van der Waals surface area contributed by atoms with Gasteiger partial charge in [0, 0.05) is 24.8 Å². The van der Waals surface area contributed by atoms with Gasteiger partial charge in [-0.25, -0.2) is 0 Å². The molecule has 1 unspecified atom stereocenters. The number of nitrogens with zero attached hydrogens (tertiary/aromatic N) is 1. The molecular formula is C15H24N2. The molecule has 0 amide bonds. The molecule has 1 heterocycles. The third-order valence-electron chi connectivity index (χ3n) is 3.68. The van der Waals surface area contributed by atoms with E-state index in [0.29, 0.717) is 6.04 Å². The first-order chi connectivity index (χ1) is 8.26. The maximum atomic E-state index is 3.55. The summed E-state index contributed by atoms with van der Waals surface area (Å²) in [7, 11) is 0. The standard InChI is InChI=1S/C15H24N2/c1-4-9-16-12(3)13-6-7-15-14(11-13)8-10-17(15)5-2/h6-7,11-12,16H,4-5,8-10H2,1-3H3. The van der Waals surface area contributed by atoms with E-state index in [2.05, 4.69) is 49.2 Å². The summed E-state index contributed by atoms with van der Waals surface area (Å²) in [6, 6.07) is 7.43. The molecule has 2 rings (SSSR count). The van der Waals surface area contributed by atoms with Crippen LogP contribution in [0.5, 0.6) is 0 Å². The van der Waals surface area contributed by atoms with E-state index in [0.717, 1.165) is 13.1 Å². The van der Waals surface area contributed by atoms with Gasteiger partial charge in [-0.3, -0.25) is 0 Å². The zero-order valence-electron chi connectivity index (χ0n) is 11.3. The van der Waals surface area contributed by atoms with Gasteiger partial charge in [-0.15, -0.1) is 0 Å². The molecule has 1 atom stereocenters. The number of fused-ring (bicyclic) bond motifs is 1. The Hall–Kier alpha value is -1.02. The molecule has 2 nitrogen and oxygen atoms in total. The largest absolute Gasteiger partial charge is 0.371 e. The maximum absolute atomic E-state index is 3.55. The second-order valence-electron chi connectivity index (χ2n) is 4.89. The van der Waals surface area contributed by atoms with Crippen LogP contribution in [0.3, 0.4) is 0 Å². The molecule has 0 aliphatic carbocycles. The Labute approximate surface area is 105 Å². The predicted molar refractivity (Wildman–Crippen MR) is 74.7 cm³/mol. The van der Waals surface area contributed by atoms with E-state index < -0.39 is 0 Å². The SMILES string of the molecule is CCCNC(C)c1ccc2c(c1)CCN2CC. The zero-order chi connectivity index (χ0) is 12.3. The minimum absolute atomic E-state index is 0.468. The van der Waals surface area contributed by atoms with Crippen LogP contribution in [-0.2, 0) is 6.42 Å². The molecule has 1 aliphatic heterocycles. The van der Waals surface area contributed by atoms with E-state index in [1.54, 1.807) is 0 Å². The molecule has 0 saturated carbocycles. The van der Waals surface area contributed by atoms with Crippen LogP contribution in [-0.4, -0.2) is 19.6 Å². The smallest absolute Gasteiger partial charge is 0.0399 e. The third-order valence-corrected chi connectivity index (χ3v) is 3.68. The molecule has 0 aromatic heterocycles. The Kier molecular flexibility index (Phi) is 4.06. The lowest BCUT2D eigenvalue weighted by atomic mass is 10.0. The molecule has 94 valence electrons. The second-order valence-corrected chi connectivity index (χ2v) is 4.89. The highest BCUT2D eigenvalue weighted by molar-refractivity contribution is 5.59. The number of benzene rings is 1. The van der Waals surface area contributed by atoms with Crippen LogP contribution in [0.2, 0.25) is 0 Å². The van der Waals surface area contributed by atoms with Crippen molar-refractivity contribution in [1.29, 1.82) is 0 Å². The minimum Gasteiger partial charge on any atom is -0.371 e. The predicted octanol–water partition coefficient (Wildman–Crippen LogP) is 3.13. The van der Waals surface area contributed by atoms with E-state index in [-0.39, 0.29) is 0 Å². The fourth-order valence-electron chi connectivity index (χ4n) is 2.57. The van der Waals surface area contributed by atoms with Gasteiger partial charge in [0.15, 0.2) is 0 Å². The van der Waals surface area contributed by atoms with Gasteiger partial charge < -0.3 is 10.2 Å². The van der Waals surface area contributed by atoms with Gasteiger partial charge in [0.1, 0.15) is 0 Å². The quantitative estimate of drug-likeness (QED) is 0.839. The highest BCUT2D eigenvalue weighted by Gasteiger charge is 2.18. The molecule has 17 heavy (non-hydrogen) atoms. The van der Waals surface area contributed by atoms with Crippen LogP contribution < -0.4 is 10.2 Å². The first kappa shape index (κ1) is 12.4. The van der Waals surface area contributed by atoms with Crippen LogP contribution in [0, 0.1) is 0 Å². The van der Waals surface area contributed by atoms with Crippen LogP contribution >= 0.6 is 0 Å². The molecule has 2 heteroatoms. The third kappa shape index (κ3) is 2.63. The van der Waals surface area contributed by atoms with Crippen molar-refractivity contribution in [3.63, 3.8) is 0 Å². The Balaban J connectivity index is 2.12. The van der Waals surface area contributed by atoms with Gasteiger partial charge in [-0.2, -0.15) is 0 Å². The zero-order valence-corrected chi connectivity index (χ0v) is 11.3. The average Bonchev–Trinajstić information content (AvgIpc) is 2.77. The van der Waals surface area contributed by atoms with Gasteiger partial charge in [0.05, 0.1) is 0 Å². The normalized spacial score (nSPS) is 16.1. The summed E-state index contributed by atoms with van der Waals surface area (Å²) in [6.45, 7) is 10.1. The van der Waals surface area contributed by atoms with Gasteiger partial charge in [-0.1, -0.05) is 19.1 Å². The Morgan fingerprint density at radius 3 is 2.88 bits per heavy atom. The van der Waals surface area contributed by atoms with Crippen molar-refractivity contribution in [2.45, 2.75) is 39.7 Å². The summed E-state index contributed by atoms with van der Waals surface area (Å²) in [5.41, 5.74) is 4.39. The molecule has 1 aromatic carbocycles. The number of likely N-dealkylation sites (N-methyl/N-ethyl adjacent to an activating group) is 1. The number of hydrogen-bond acceptors (Lipinski definition) is 2. The Morgan fingerprint density at radius 1 is 1.35 bits per heavy atom. The van der Waals surface area contributed by atoms with Crippen molar-refractivity contribution in [2.24, 2.45) is 0 Å². The molecule has 0 fully saturated rings. The summed E-state index contributed by atoms with van der Waals surface area (Å²) >= 11 is 0. The summed E-state index contributed by atoms with van der Waals surface area (Å²) < 4.78 is 0. The number of hydrogen-bond donors (Lipinski definition) is 1. The van der Waals surface area contributed by atoms with Crippen molar-refractivity contribution < 1.29 is 0 Å². The topological polar surface area (TPSA) is 15.3 Å². The van der Waals surface area contributed by atoms with Gasteiger partial charge in [0.25, 0.3) is 0 Å². The summed E-state index contributed by atoms with van der Waals surface area (Å²) in [6.07, 6.45) is 2.40. The van der Waals surface area contributed by atoms with E-state index in [4.69, 9.17) is 0 Å².